The molecular weight excluding hydrogens is 207 g/mol. The molecule has 0 aromatic heterocycles. The third-order valence-corrected chi connectivity index (χ3v) is 3.03. The Labute approximate surface area is 112 Å². The summed E-state index contributed by atoms with van der Waals surface area (Å²) in [4.78, 5) is 10.4. The smallest absolute Gasteiger partial charge is 0.550 e. The van der Waals surface area contributed by atoms with Crippen LogP contribution in [0.3, 0.4) is 0 Å². The Balaban J connectivity index is 0.00000196. The second-order valence-electron chi connectivity index (χ2n) is 4.36. The summed E-state index contributed by atoms with van der Waals surface area (Å²) in [6.45, 7) is 1.46. The molecule has 0 spiro atoms. The maximum absolute atomic E-state index is 10.4. The van der Waals surface area contributed by atoms with Gasteiger partial charge in [0.25, 0.3) is 0 Å². The van der Waals surface area contributed by atoms with Gasteiger partial charge in [-0.15, -0.1) is 0 Å². The Kier molecular flexibility index (Phi) is 6.37. The van der Waals surface area contributed by atoms with Crippen molar-refractivity contribution in [1.82, 2.24) is 0 Å². The van der Waals surface area contributed by atoms with Gasteiger partial charge in [-0.1, -0.05) is 12.8 Å². The van der Waals surface area contributed by atoms with E-state index in [1.807, 2.05) is 0 Å². The number of aliphatic hydroxyl groups is 2. The Bertz CT molecular complexity index is 217. The second kappa shape index (κ2) is 6.21. The van der Waals surface area contributed by atoms with Gasteiger partial charge in [0.15, 0.2) is 0 Å². The van der Waals surface area contributed by atoms with E-state index in [9.17, 15) is 20.1 Å². The summed E-state index contributed by atoms with van der Waals surface area (Å²) in [6, 6.07) is 0. The number of aliphatic carboxylic acids is 1. The van der Waals surface area contributed by atoms with Crippen LogP contribution in [-0.2, 0) is 4.79 Å². The molecule has 82 valence electrons. The van der Waals surface area contributed by atoms with Crippen molar-refractivity contribution in [3.63, 3.8) is 0 Å². The van der Waals surface area contributed by atoms with E-state index in [1.165, 1.54) is 6.92 Å². The third kappa shape index (κ3) is 4.41. The van der Waals surface area contributed by atoms with Gasteiger partial charge in [0, 0.05) is 18.3 Å². The van der Waals surface area contributed by atoms with Crippen LogP contribution in [0.15, 0.2) is 0 Å². The first kappa shape index (κ1) is 15.4. The van der Waals surface area contributed by atoms with Gasteiger partial charge in [0.2, 0.25) is 0 Å². The first-order valence-electron chi connectivity index (χ1n) is 5.04. The van der Waals surface area contributed by atoms with E-state index in [0.29, 0.717) is 12.8 Å². The molecule has 0 heterocycles. The molecule has 5 heteroatoms. The molecule has 1 fully saturated rings. The van der Waals surface area contributed by atoms with Crippen LogP contribution in [0.5, 0.6) is 0 Å². The average Bonchev–Trinajstić information content (AvgIpc) is 2.02. The van der Waals surface area contributed by atoms with Gasteiger partial charge in [0.05, 0.1) is 11.7 Å². The van der Waals surface area contributed by atoms with Crippen LogP contribution in [0.2, 0.25) is 0 Å². The van der Waals surface area contributed by atoms with Gasteiger partial charge in [0.1, 0.15) is 0 Å². The van der Waals surface area contributed by atoms with E-state index in [1.54, 1.807) is 0 Å². The fourth-order valence-corrected chi connectivity index (χ4v) is 2.26. The minimum absolute atomic E-state index is 0. The standard InChI is InChI=1S/C10H18O4.Na/c1-10(14,6-9(12)13)7-4-2-3-5-8(7)11;/h7-8,11,14H,2-6H2,1H3,(H,12,13);/q;+1/p-1/t7-,8+,10?;/m1./s1. The normalized spacial score (nSPS) is 30.1. The zero-order valence-electron chi connectivity index (χ0n) is 9.40. The Morgan fingerprint density at radius 2 is 2.00 bits per heavy atom. The largest absolute Gasteiger partial charge is 1.00 e. The number of hydrogen-bond donors (Lipinski definition) is 2. The summed E-state index contributed by atoms with van der Waals surface area (Å²) in [5.41, 5.74) is -1.35. The number of rotatable bonds is 3. The molecule has 0 aromatic carbocycles. The zero-order chi connectivity index (χ0) is 10.8. The van der Waals surface area contributed by atoms with Crippen LogP contribution in [0, 0.1) is 5.92 Å². The molecule has 15 heavy (non-hydrogen) atoms. The first-order chi connectivity index (χ1) is 6.43. The van der Waals surface area contributed by atoms with Gasteiger partial charge in [-0.3, -0.25) is 0 Å². The summed E-state index contributed by atoms with van der Waals surface area (Å²) in [7, 11) is 0. The van der Waals surface area contributed by atoms with Crippen molar-refractivity contribution in [2.75, 3.05) is 0 Å². The summed E-state index contributed by atoms with van der Waals surface area (Å²) in [5, 5.41) is 30.0. The van der Waals surface area contributed by atoms with Crippen LogP contribution < -0.4 is 34.7 Å². The molecule has 1 rings (SSSR count). The van der Waals surface area contributed by atoms with Crippen molar-refractivity contribution in [2.24, 2.45) is 5.92 Å². The molecule has 0 aromatic rings. The van der Waals surface area contributed by atoms with Crippen LogP contribution in [0.25, 0.3) is 0 Å². The average molecular weight is 224 g/mol. The molecule has 1 saturated carbocycles. The summed E-state index contributed by atoms with van der Waals surface area (Å²) in [6.07, 6.45) is 2.21. The van der Waals surface area contributed by atoms with Crippen molar-refractivity contribution < 1.29 is 49.7 Å². The van der Waals surface area contributed by atoms with Crippen LogP contribution in [0.1, 0.15) is 39.0 Å². The maximum atomic E-state index is 10.4. The molecule has 1 unspecified atom stereocenters. The Morgan fingerprint density at radius 3 is 2.47 bits per heavy atom. The van der Waals surface area contributed by atoms with Crippen LogP contribution >= 0.6 is 0 Å². The van der Waals surface area contributed by atoms with Gasteiger partial charge in [-0.05, 0) is 19.8 Å². The number of carboxylic acids is 1. The summed E-state index contributed by atoms with van der Waals surface area (Å²) < 4.78 is 0. The SMILES string of the molecule is CC(O)(CC(=O)[O-])[C@@H]1CCCC[C@@H]1O.[Na+]. The fraction of sp³-hybridized carbons (Fsp3) is 0.900. The molecule has 0 amide bonds. The zero-order valence-corrected chi connectivity index (χ0v) is 11.4. The molecule has 0 saturated heterocycles. The quantitative estimate of drug-likeness (QED) is 0.486. The van der Waals surface area contributed by atoms with Gasteiger partial charge in [-0.2, -0.15) is 0 Å². The molecule has 2 N–H and O–H groups in total. The number of carboxylic acid groups (broad SMARTS) is 1. The van der Waals surface area contributed by atoms with Crippen molar-refractivity contribution in [2.45, 2.75) is 50.7 Å². The van der Waals surface area contributed by atoms with E-state index in [0.717, 1.165) is 12.8 Å². The van der Waals surface area contributed by atoms with Gasteiger partial charge < -0.3 is 20.1 Å². The molecule has 4 nitrogen and oxygen atoms in total. The van der Waals surface area contributed by atoms with Crippen molar-refractivity contribution >= 4 is 5.97 Å². The minimum atomic E-state index is -1.35. The first-order valence-corrected chi connectivity index (χ1v) is 5.04. The van der Waals surface area contributed by atoms with Crippen molar-refractivity contribution in [3.05, 3.63) is 0 Å². The third-order valence-electron chi connectivity index (χ3n) is 3.03. The Morgan fingerprint density at radius 1 is 1.47 bits per heavy atom. The number of carbonyl (C=O) groups excluding carboxylic acids is 1. The monoisotopic (exact) mass is 224 g/mol. The van der Waals surface area contributed by atoms with Crippen LogP contribution in [-0.4, -0.2) is 27.9 Å². The maximum Gasteiger partial charge on any atom is 1.00 e. The van der Waals surface area contributed by atoms with E-state index in [-0.39, 0.29) is 35.5 Å². The van der Waals surface area contributed by atoms with E-state index >= 15 is 0 Å². The molecule has 0 aliphatic heterocycles. The second-order valence-corrected chi connectivity index (χ2v) is 4.36. The molecule has 0 bridgehead atoms. The fourth-order valence-electron chi connectivity index (χ4n) is 2.26. The van der Waals surface area contributed by atoms with Gasteiger partial charge >= 0.3 is 29.6 Å². The molecule has 1 aliphatic rings. The van der Waals surface area contributed by atoms with Crippen molar-refractivity contribution in [3.8, 4) is 0 Å². The Hall–Kier alpha value is 0.390. The van der Waals surface area contributed by atoms with Crippen molar-refractivity contribution in [1.29, 1.82) is 0 Å². The van der Waals surface area contributed by atoms with E-state index in [4.69, 9.17) is 0 Å². The minimum Gasteiger partial charge on any atom is -0.550 e. The predicted octanol–water partition coefficient (Wildman–Crippen LogP) is -3.57. The molecular formula is C10H17NaO4. The van der Waals surface area contributed by atoms with Crippen LogP contribution in [0.4, 0.5) is 0 Å². The number of hydrogen-bond acceptors (Lipinski definition) is 4. The molecule has 0 radical (unpaired) electrons. The number of carbonyl (C=O) groups is 1. The number of aliphatic hydroxyl groups excluding tert-OH is 1. The molecule has 3 atom stereocenters. The van der Waals surface area contributed by atoms with Gasteiger partial charge in [-0.25, -0.2) is 0 Å². The topological polar surface area (TPSA) is 80.6 Å². The van der Waals surface area contributed by atoms with E-state index in [2.05, 4.69) is 0 Å². The van der Waals surface area contributed by atoms with E-state index < -0.39 is 24.1 Å². The summed E-state index contributed by atoms with van der Waals surface area (Å²) in [5.74, 6) is -1.61. The summed E-state index contributed by atoms with van der Waals surface area (Å²) >= 11 is 0. The predicted molar refractivity (Wildman–Crippen MR) is 48.2 cm³/mol. The molecule has 1 aliphatic carbocycles.